The highest BCUT2D eigenvalue weighted by atomic mass is 19.4. The number of carbonyl (C=O) groups excluding carboxylic acids is 2. The summed E-state index contributed by atoms with van der Waals surface area (Å²) in [7, 11) is 0. The van der Waals surface area contributed by atoms with E-state index in [2.05, 4.69) is 16.0 Å². The molecule has 2 amide bonds. The number of aliphatic hydroxyl groups excluding tert-OH is 1. The van der Waals surface area contributed by atoms with E-state index in [4.69, 9.17) is 0 Å². The molecule has 0 bridgehead atoms. The molecular weight excluding hydrogens is 456 g/mol. The van der Waals surface area contributed by atoms with Crippen molar-refractivity contribution in [1.82, 2.24) is 10.6 Å². The summed E-state index contributed by atoms with van der Waals surface area (Å²) >= 11 is 0. The molecule has 2 atom stereocenters. The zero-order valence-corrected chi connectivity index (χ0v) is 17.5. The minimum atomic E-state index is -4.99. The summed E-state index contributed by atoms with van der Waals surface area (Å²) in [5.41, 5.74) is -3.55. The van der Waals surface area contributed by atoms with Crippen LogP contribution in [0.25, 0.3) is 0 Å². The lowest BCUT2D eigenvalue weighted by Gasteiger charge is -2.29. The van der Waals surface area contributed by atoms with Crippen molar-refractivity contribution in [3.63, 3.8) is 0 Å². The van der Waals surface area contributed by atoms with Crippen LogP contribution >= 0.6 is 0 Å². The van der Waals surface area contributed by atoms with Gasteiger partial charge in [0.05, 0.1) is 23.3 Å². The Labute approximate surface area is 186 Å². The Morgan fingerprint density at radius 2 is 1.55 bits per heavy atom. The van der Waals surface area contributed by atoms with E-state index in [-0.39, 0.29) is 30.4 Å². The number of halogens is 6. The molecule has 33 heavy (non-hydrogen) atoms. The van der Waals surface area contributed by atoms with Crippen molar-refractivity contribution < 1.29 is 41.0 Å². The molecule has 0 spiro atoms. The number of aliphatic hydroxyl groups is 1. The van der Waals surface area contributed by atoms with E-state index >= 15 is 0 Å². The monoisotopic (exact) mass is 481 g/mol. The van der Waals surface area contributed by atoms with Crippen LogP contribution in [0.1, 0.15) is 49.7 Å². The van der Waals surface area contributed by atoms with Gasteiger partial charge in [0.2, 0.25) is 11.8 Å². The average molecular weight is 481 g/mol. The normalized spacial score (nSPS) is 26.2. The van der Waals surface area contributed by atoms with Crippen LogP contribution in [0.5, 0.6) is 0 Å². The molecule has 0 radical (unpaired) electrons. The van der Waals surface area contributed by atoms with Gasteiger partial charge in [-0.2, -0.15) is 26.3 Å². The smallest absolute Gasteiger partial charge is 0.392 e. The maximum Gasteiger partial charge on any atom is 0.416 e. The molecule has 1 unspecified atom stereocenters. The van der Waals surface area contributed by atoms with Crippen molar-refractivity contribution in [2.24, 2.45) is 5.92 Å². The molecule has 1 aliphatic heterocycles. The third-order valence-electron chi connectivity index (χ3n) is 5.96. The number of hydrogen-bond acceptors (Lipinski definition) is 4. The molecule has 6 nitrogen and oxygen atoms in total. The fourth-order valence-electron chi connectivity index (χ4n) is 4.23. The number of rotatable bonds is 5. The number of hydrogen-bond donors (Lipinski definition) is 4. The lowest BCUT2D eigenvalue weighted by molar-refractivity contribution is -0.143. The summed E-state index contributed by atoms with van der Waals surface area (Å²) in [6.07, 6.45) is -7.89. The number of benzene rings is 1. The Hall–Kier alpha value is -2.34. The van der Waals surface area contributed by atoms with E-state index in [0.717, 1.165) is 0 Å². The quantitative estimate of drug-likeness (QED) is 0.485. The number of alkyl halides is 6. The Balaban J connectivity index is 1.52. The second-order valence-corrected chi connectivity index (χ2v) is 8.62. The minimum Gasteiger partial charge on any atom is -0.392 e. The number of carbonyl (C=O) groups is 2. The molecule has 1 aromatic carbocycles. The molecular formula is C21H25F6N3O3. The first-order chi connectivity index (χ1) is 15.3. The molecule has 2 aliphatic rings. The number of β-amino-alcohol motifs (C(OH)–C–C–N with tert-alkyl or cyclic N) is 1. The Morgan fingerprint density at radius 3 is 2.03 bits per heavy atom. The predicted molar refractivity (Wildman–Crippen MR) is 106 cm³/mol. The lowest BCUT2D eigenvalue weighted by Crippen LogP contribution is -2.46. The number of anilines is 1. The van der Waals surface area contributed by atoms with E-state index < -0.39 is 47.2 Å². The summed E-state index contributed by atoms with van der Waals surface area (Å²) in [6.45, 7) is 0.357. The highest BCUT2D eigenvalue weighted by Crippen LogP contribution is 2.37. The van der Waals surface area contributed by atoms with Gasteiger partial charge in [-0.3, -0.25) is 9.59 Å². The van der Waals surface area contributed by atoms with Crippen molar-refractivity contribution in [2.45, 2.75) is 69.1 Å². The fourth-order valence-corrected chi connectivity index (χ4v) is 4.23. The first-order valence-electron chi connectivity index (χ1n) is 10.6. The van der Waals surface area contributed by atoms with Crippen LogP contribution in [-0.4, -0.2) is 41.7 Å². The molecule has 1 saturated carbocycles. The maximum atomic E-state index is 13.0. The van der Waals surface area contributed by atoms with Crippen LogP contribution in [0.4, 0.5) is 32.0 Å². The molecule has 1 heterocycles. The Morgan fingerprint density at radius 1 is 0.970 bits per heavy atom. The number of amides is 2. The molecule has 3 rings (SSSR count). The van der Waals surface area contributed by atoms with Gasteiger partial charge >= 0.3 is 12.4 Å². The van der Waals surface area contributed by atoms with Crippen molar-refractivity contribution in [3.05, 3.63) is 29.3 Å². The van der Waals surface area contributed by atoms with Crippen LogP contribution in [0.3, 0.4) is 0 Å². The molecule has 184 valence electrons. The summed E-state index contributed by atoms with van der Waals surface area (Å²) in [5.74, 6) is -0.964. The topological polar surface area (TPSA) is 90.5 Å². The SMILES string of the molecule is O=C(C[C@H]1CC[C@@H](NC(=O)C2C[C@H](O)CN2)CC1)Nc1cc(C(F)(F)F)cc(C(F)(F)F)c1. The molecule has 2 fully saturated rings. The summed E-state index contributed by atoms with van der Waals surface area (Å²) in [4.78, 5) is 24.5. The van der Waals surface area contributed by atoms with Crippen LogP contribution in [0.15, 0.2) is 18.2 Å². The first-order valence-corrected chi connectivity index (χ1v) is 10.6. The average Bonchev–Trinajstić information content (AvgIpc) is 3.14. The number of nitrogens with one attached hydrogen (secondary N) is 3. The van der Waals surface area contributed by atoms with Crippen molar-refractivity contribution in [3.8, 4) is 0 Å². The van der Waals surface area contributed by atoms with Gasteiger partial charge in [0.15, 0.2) is 0 Å². The van der Waals surface area contributed by atoms with Crippen LogP contribution in [-0.2, 0) is 21.9 Å². The molecule has 1 aliphatic carbocycles. The lowest BCUT2D eigenvalue weighted by atomic mass is 9.84. The van der Waals surface area contributed by atoms with Gasteiger partial charge in [-0.15, -0.1) is 0 Å². The predicted octanol–water partition coefficient (Wildman–Crippen LogP) is 3.45. The highest BCUT2D eigenvalue weighted by molar-refractivity contribution is 5.91. The molecule has 0 aromatic heterocycles. The second kappa shape index (κ2) is 9.88. The zero-order valence-electron chi connectivity index (χ0n) is 17.5. The Bertz CT molecular complexity index is 834. The third kappa shape index (κ3) is 7.07. The largest absolute Gasteiger partial charge is 0.416 e. The first kappa shape index (κ1) is 25.3. The molecule has 4 N–H and O–H groups in total. The van der Waals surface area contributed by atoms with Crippen molar-refractivity contribution >= 4 is 17.5 Å². The van der Waals surface area contributed by atoms with Gasteiger partial charge in [-0.25, -0.2) is 0 Å². The van der Waals surface area contributed by atoms with Gasteiger partial charge in [-0.1, -0.05) is 0 Å². The van der Waals surface area contributed by atoms with Crippen LogP contribution < -0.4 is 16.0 Å². The molecule has 1 saturated heterocycles. The van der Waals surface area contributed by atoms with Crippen molar-refractivity contribution in [1.29, 1.82) is 0 Å². The van der Waals surface area contributed by atoms with Gasteiger partial charge in [0.1, 0.15) is 0 Å². The second-order valence-electron chi connectivity index (χ2n) is 8.62. The van der Waals surface area contributed by atoms with Gasteiger partial charge in [0.25, 0.3) is 0 Å². The van der Waals surface area contributed by atoms with E-state index in [0.29, 0.717) is 50.8 Å². The van der Waals surface area contributed by atoms with Gasteiger partial charge < -0.3 is 21.1 Å². The van der Waals surface area contributed by atoms with E-state index in [1.165, 1.54) is 0 Å². The fraction of sp³-hybridized carbons (Fsp3) is 0.619. The van der Waals surface area contributed by atoms with Crippen molar-refractivity contribution in [2.75, 3.05) is 11.9 Å². The highest BCUT2D eigenvalue weighted by Gasteiger charge is 2.37. The van der Waals surface area contributed by atoms with E-state index in [1.54, 1.807) is 0 Å². The van der Waals surface area contributed by atoms with E-state index in [1.807, 2.05) is 0 Å². The third-order valence-corrected chi connectivity index (χ3v) is 5.96. The summed E-state index contributed by atoms with van der Waals surface area (Å²) < 4.78 is 77.8. The van der Waals surface area contributed by atoms with Crippen LogP contribution in [0.2, 0.25) is 0 Å². The van der Waals surface area contributed by atoms with E-state index in [9.17, 15) is 41.0 Å². The molecule has 1 aromatic rings. The standard InChI is InChI=1S/C21H25F6N3O3/c22-20(23,24)12-6-13(21(25,26)27)8-15(7-12)29-18(32)5-11-1-3-14(4-2-11)30-19(33)17-9-16(31)10-28-17/h6-8,11,14,16-17,28,31H,1-5,9-10H2,(H,29,32)(H,30,33)/t11-,14+,16-,17?/m0/s1. The van der Waals surface area contributed by atoms with Crippen LogP contribution in [0, 0.1) is 5.92 Å². The summed E-state index contributed by atoms with van der Waals surface area (Å²) in [5, 5.41) is 17.5. The minimum absolute atomic E-state index is 0.00697. The maximum absolute atomic E-state index is 13.0. The zero-order chi connectivity index (χ0) is 24.4. The Kier molecular flexibility index (Phi) is 7.57. The summed E-state index contributed by atoms with van der Waals surface area (Å²) in [6, 6.07) is 0.431. The van der Waals surface area contributed by atoms with Gasteiger partial charge in [0, 0.05) is 24.7 Å². The molecule has 12 heteroatoms. The van der Waals surface area contributed by atoms with Gasteiger partial charge in [-0.05, 0) is 56.2 Å².